The highest BCUT2D eigenvalue weighted by Gasteiger charge is 2.14. The number of para-hydroxylation sites is 1. The molecule has 0 fully saturated rings. The van der Waals surface area contributed by atoms with E-state index in [0.29, 0.717) is 23.9 Å². The van der Waals surface area contributed by atoms with Gasteiger partial charge in [0.2, 0.25) is 0 Å². The molecule has 32 heavy (non-hydrogen) atoms. The van der Waals surface area contributed by atoms with Crippen molar-refractivity contribution in [3.05, 3.63) is 77.6 Å². The minimum absolute atomic E-state index is 0. The summed E-state index contributed by atoms with van der Waals surface area (Å²) in [4.78, 5) is 4.99. The lowest BCUT2D eigenvalue weighted by Crippen LogP contribution is -2.39. The quantitative estimate of drug-likeness (QED) is 0.247. The van der Waals surface area contributed by atoms with Gasteiger partial charge in [0.15, 0.2) is 15.8 Å². The molecule has 0 aliphatic rings. The predicted octanol–water partition coefficient (Wildman–Crippen LogP) is 3.64. The van der Waals surface area contributed by atoms with Gasteiger partial charge in [-0.2, -0.15) is 5.10 Å². The Morgan fingerprint density at radius 3 is 2.38 bits per heavy atom. The molecule has 2 aromatic carbocycles. The minimum Gasteiger partial charge on any atom is -0.357 e. The number of rotatable bonds is 8. The maximum atomic E-state index is 12.5. The average molecular weight is 567 g/mol. The first-order valence-electron chi connectivity index (χ1n) is 10.3. The van der Waals surface area contributed by atoms with E-state index < -0.39 is 9.84 Å². The van der Waals surface area contributed by atoms with Crippen molar-refractivity contribution in [1.29, 1.82) is 0 Å². The second-order valence-corrected chi connectivity index (χ2v) is 9.33. The van der Waals surface area contributed by atoms with E-state index in [1.807, 2.05) is 55.8 Å². The summed E-state index contributed by atoms with van der Waals surface area (Å²) in [6, 6.07) is 18.5. The van der Waals surface area contributed by atoms with Crippen molar-refractivity contribution in [3.8, 4) is 5.69 Å². The Hall–Kier alpha value is -2.40. The van der Waals surface area contributed by atoms with Crippen LogP contribution in [0.2, 0.25) is 0 Å². The molecule has 0 amide bonds. The van der Waals surface area contributed by atoms with Crippen LogP contribution >= 0.6 is 24.0 Å². The van der Waals surface area contributed by atoms with Crippen LogP contribution in [0.25, 0.3) is 5.69 Å². The number of guanidine groups is 1. The summed E-state index contributed by atoms with van der Waals surface area (Å²) >= 11 is 0. The molecule has 0 aliphatic carbocycles. The molecule has 0 bridgehead atoms. The number of nitrogens with zero attached hydrogens (tertiary/aromatic N) is 3. The van der Waals surface area contributed by atoms with Crippen molar-refractivity contribution in [2.45, 2.75) is 32.2 Å². The fraction of sp³-hybridized carbons (Fsp3) is 0.304. The first kappa shape index (κ1) is 25.9. The van der Waals surface area contributed by atoms with Crippen molar-refractivity contribution in [1.82, 2.24) is 20.4 Å². The van der Waals surface area contributed by atoms with Crippen LogP contribution in [0.3, 0.4) is 0 Å². The van der Waals surface area contributed by atoms with Crippen molar-refractivity contribution in [2.24, 2.45) is 4.99 Å². The molecule has 1 heterocycles. The molecule has 3 aromatic rings. The highest BCUT2D eigenvalue weighted by Crippen LogP contribution is 2.18. The monoisotopic (exact) mass is 567 g/mol. The van der Waals surface area contributed by atoms with E-state index in [1.54, 1.807) is 30.3 Å². The van der Waals surface area contributed by atoms with Crippen LogP contribution < -0.4 is 10.6 Å². The number of aromatic nitrogens is 2. The summed E-state index contributed by atoms with van der Waals surface area (Å²) in [5, 5.41) is 10.9. The van der Waals surface area contributed by atoms with Crippen LogP contribution in [0.15, 0.2) is 70.6 Å². The maximum absolute atomic E-state index is 12.5. The molecule has 0 unspecified atom stereocenters. The summed E-state index contributed by atoms with van der Waals surface area (Å²) in [7, 11) is -3.34. The third kappa shape index (κ3) is 6.80. The Bertz CT molecular complexity index is 1140. The Morgan fingerprint density at radius 1 is 1.03 bits per heavy atom. The van der Waals surface area contributed by atoms with Gasteiger partial charge in [0.05, 0.1) is 28.6 Å². The van der Waals surface area contributed by atoms with Crippen molar-refractivity contribution in [3.63, 3.8) is 0 Å². The van der Waals surface area contributed by atoms with Crippen LogP contribution in [0.1, 0.15) is 23.9 Å². The lowest BCUT2D eigenvalue weighted by molar-refractivity contribution is 0.594. The van der Waals surface area contributed by atoms with Gasteiger partial charge in [-0.25, -0.2) is 18.1 Å². The molecule has 9 heteroatoms. The second-order valence-electron chi connectivity index (χ2n) is 7.22. The lowest BCUT2D eigenvalue weighted by Gasteiger charge is -2.13. The van der Waals surface area contributed by atoms with Gasteiger partial charge in [0, 0.05) is 18.8 Å². The Kier molecular flexibility index (Phi) is 9.70. The first-order chi connectivity index (χ1) is 14.9. The number of hydrogen-bond acceptors (Lipinski definition) is 4. The molecule has 0 atom stereocenters. The predicted molar refractivity (Wildman–Crippen MR) is 140 cm³/mol. The summed E-state index contributed by atoms with van der Waals surface area (Å²) < 4.78 is 26.9. The largest absolute Gasteiger partial charge is 0.357 e. The van der Waals surface area contributed by atoms with E-state index in [4.69, 9.17) is 0 Å². The molecule has 0 spiro atoms. The fourth-order valence-corrected chi connectivity index (χ4v) is 4.46. The van der Waals surface area contributed by atoms with Gasteiger partial charge in [-0.05, 0) is 50.6 Å². The fourth-order valence-electron chi connectivity index (χ4n) is 3.28. The topological polar surface area (TPSA) is 88.4 Å². The number of sulfone groups is 1. The Labute approximate surface area is 207 Å². The molecule has 0 radical (unpaired) electrons. The smallest absolute Gasteiger partial charge is 0.191 e. The summed E-state index contributed by atoms with van der Waals surface area (Å²) in [6.45, 7) is 7.36. The average Bonchev–Trinajstić information content (AvgIpc) is 3.10. The van der Waals surface area contributed by atoms with Gasteiger partial charge in [-0.3, -0.25) is 0 Å². The first-order valence-corrected chi connectivity index (χ1v) is 12.0. The van der Waals surface area contributed by atoms with Crippen molar-refractivity contribution in [2.75, 3.05) is 18.8 Å². The van der Waals surface area contributed by atoms with E-state index in [0.717, 1.165) is 22.6 Å². The molecule has 3 rings (SSSR count). The van der Waals surface area contributed by atoms with Crippen LogP contribution in [0, 0.1) is 13.8 Å². The number of hydrogen-bond donors (Lipinski definition) is 2. The molecule has 1 aromatic heterocycles. The van der Waals surface area contributed by atoms with Crippen molar-refractivity contribution < 1.29 is 8.42 Å². The third-order valence-electron chi connectivity index (χ3n) is 4.75. The van der Waals surface area contributed by atoms with Gasteiger partial charge in [-0.15, -0.1) is 24.0 Å². The van der Waals surface area contributed by atoms with E-state index in [-0.39, 0.29) is 36.3 Å². The SMILES string of the molecule is CCNC(=NCc1ccccc1-n1nc(C)cc1C)NCCS(=O)(=O)c1ccccc1.I. The third-order valence-corrected chi connectivity index (χ3v) is 6.48. The number of halogens is 1. The summed E-state index contributed by atoms with van der Waals surface area (Å²) in [6.07, 6.45) is 0. The van der Waals surface area contributed by atoms with Crippen LogP contribution in [0.5, 0.6) is 0 Å². The number of benzene rings is 2. The molecular weight excluding hydrogens is 537 g/mol. The highest BCUT2D eigenvalue weighted by atomic mass is 127. The Balaban J connectivity index is 0.00000363. The normalized spacial score (nSPS) is 11.7. The summed E-state index contributed by atoms with van der Waals surface area (Å²) in [5.41, 5.74) is 4.04. The van der Waals surface area contributed by atoms with Crippen molar-refractivity contribution >= 4 is 39.8 Å². The zero-order valence-electron chi connectivity index (χ0n) is 18.6. The van der Waals surface area contributed by atoms with Crippen LogP contribution in [-0.4, -0.2) is 43.0 Å². The lowest BCUT2D eigenvalue weighted by atomic mass is 10.2. The van der Waals surface area contributed by atoms with E-state index in [2.05, 4.69) is 20.7 Å². The Morgan fingerprint density at radius 2 is 1.72 bits per heavy atom. The number of aryl methyl sites for hydroxylation is 2. The number of nitrogens with one attached hydrogen (secondary N) is 2. The van der Waals surface area contributed by atoms with E-state index in [9.17, 15) is 8.42 Å². The number of aliphatic imine (C=N–C) groups is 1. The molecular formula is C23H30IN5O2S. The zero-order valence-corrected chi connectivity index (χ0v) is 21.7. The highest BCUT2D eigenvalue weighted by molar-refractivity contribution is 14.0. The molecule has 0 saturated carbocycles. The van der Waals surface area contributed by atoms with Gasteiger partial charge in [0.25, 0.3) is 0 Å². The second kappa shape index (κ2) is 12.0. The molecule has 7 nitrogen and oxygen atoms in total. The van der Waals surface area contributed by atoms with Gasteiger partial charge >= 0.3 is 0 Å². The standard InChI is InChI=1S/C23H29N5O2S.HI/c1-4-24-23(25-14-15-31(29,30)21-11-6-5-7-12-21)26-17-20-10-8-9-13-22(20)28-19(3)16-18(2)27-28;/h5-13,16H,4,14-15,17H2,1-3H3,(H2,24,25,26);1H. The van der Waals surface area contributed by atoms with E-state index in [1.165, 1.54) is 0 Å². The van der Waals surface area contributed by atoms with Gasteiger partial charge < -0.3 is 10.6 Å². The van der Waals surface area contributed by atoms with Gasteiger partial charge in [-0.1, -0.05) is 36.4 Å². The maximum Gasteiger partial charge on any atom is 0.191 e. The van der Waals surface area contributed by atoms with Gasteiger partial charge in [0.1, 0.15) is 0 Å². The molecule has 2 N–H and O–H groups in total. The minimum atomic E-state index is -3.34. The molecule has 0 saturated heterocycles. The van der Waals surface area contributed by atoms with Crippen LogP contribution in [0.4, 0.5) is 0 Å². The summed E-state index contributed by atoms with van der Waals surface area (Å²) in [5.74, 6) is 0.568. The van der Waals surface area contributed by atoms with E-state index >= 15 is 0 Å². The molecule has 172 valence electrons. The zero-order chi connectivity index (χ0) is 22.3. The van der Waals surface area contributed by atoms with Crippen LogP contribution in [-0.2, 0) is 16.4 Å². The molecule has 0 aliphatic heterocycles.